The van der Waals surface area contributed by atoms with Gasteiger partial charge in [0.25, 0.3) is 0 Å². The molecule has 0 amide bonds. The summed E-state index contributed by atoms with van der Waals surface area (Å²) in [5, 5.41) is 0. The second-order valence-corrected chi connectivity index (χ2v) is 31.6. The average Bonchev–Trinajstić information content (AvgIpc) is 1.59. The van der Waals surface area contributed by atoms with E-state index in [4.69, 9.17) is 28.2 Å². The summed E-state index contributed by atoms with van der Waals surface area (Å²) >= 11 is 0. The summed E-state index contributed by atoms with van der Waals surface area (Å²) in [6.45, 7) is 37.0. The van der Waals surface area contributed by atoms with Crippen molar-refractivity contribution >= 4 is 0 Å². The van der Waals surface area contributed by atoms with Gasteiger partial charge in [-0.1, -0.05) is 111 Å². The maximum absolute atomic E-state index is 7.78. The van der Waals surface area contributed by atoms with E-state index in [1.807, 2.05) is 56.1 Å². The molecule has 8 nitrogen and oxygen atoms in total. The Balaban J connectivity index is 0.000000127. The molecule has 8 heterocycles. The second kappa shape index (κ2) is 25.9. The first-order chi connectivity index (χ1) is 50.5. The second-order valence-electron chi connectivity index (χ2n) is 31.6. The highest BCUT2D eigenvalue weighted by Crippen LogP contribution is 2.54. The molecule has 0 radical (unpaired) electrons. The van der Waals surface area contributed by atoms with Gasteiger partial charge in [-0.05, 0) is 227 Å². The van der Waals surface area contributed by atoms with Crippen LogP contribution in [-0.2, 0) is 56.3 Å². The van der Waals surface area contributed by atoms with Gasteiger partial charge in [0.05, 0.1) is 22.8 Å². The zero-order valence-electron chi connectivity index (χ0n) is 70.4. The first-order valence-electron chi connectivity index (χ1n) is 39.0. The summed E-state index contributed by atoms with van der Waals surface area (Å²) in [7, 11) is 8.06. The fourth-order valence-corrected chi connectivity index (χ4v) is 16.4. The van der Waals surface area contributed by atoms with Crippen LogP contribution in [0.5, 0.6) is 0 Å². The van der Waals surface area contributed by atoms with E-state index >= 15 is 0 Å². The average molecular weight is 1350 g/mol. The van der Waals surface area contributed by atoms with Gasteiger partial charge in [-0.3, -0.25) is 19.9 Å². The van der Waals surface area contributed by atoms with E-state index in [0.717, 1.165) is 68.7 Å². The number of aryl methyl sites for hydroxylation is 17. The van der Waals surface area contributed by atoms with Crippen molar-refractivity contribution in [3.05, 3.63) is 282 Å². The maximum Gasteiger partial charge on any atom is 0.212 e. The van der Waals surface area contributed by atoms with Crippen molar-refractivity contribution in [2.75, 3.05) is 0 Å². The Bertz CT molecular complexity index is 5710. The van der Waals surface area contributed by atoms with Crippen LogP contribution in [0.2, 0.25) is 0 Å². The molecule has 4 aliphatic rings. The Morgan fingerprint density at radius 2 is 0.637 bits per heavy atom. The van der Waals surface area contributed by atoms with E-state index in [2.05, 4.69) is 268 Å². The van der Waals surface area contributed by atoms with Crippen LogP contribution in [0.1, 0.15) is 188 Å². The lowest BCUT2D eigenvalue weighted by Crippen LogP contribution is -2.31. The van der Waals surface area contributed by atoms with E-state index in [-0.39, 0.29) is 21.7 Å². The summed E-state index contributed by atoms with van der Waals surface area (Å²) in [6.07, 6.45) is 8.81. The van der Waals surface area contributed by atoms with Crippen molar-refractivity contribution in [1.29, 1.82) is 0 Å². The molecule has 0 unspecified atom stereocenters. The van der Waals surface area contributed by atoms with Crippen LogP contribution in [0.15, 0.2) is 164 Å². The molecule has 0 saturated carbocycles. The maximum atomic E-state index is 7.78. The lowest BCUT2D eigenvalue weighted by atomic mass is 9.83. The van der Waals surface area contributed by atoms with Crippen LogP contribution < -0.4 is 18.3 Å². The molecule has 0 atom stereocenters. The van der Waals surface area contributed by atoms with Gasteiger partial charge in [0.2, 0.25) is 22.8 Å². The quantitative estimate of drug-likeness (QED) is 0.161. The molecule has 0 saturated heterocycles. The Kier molecular flexibility index (Phi) is 16.0. The fourth-order valence-electron chi connectivity index (χ4n) is 16.4. The Labute approximate surface area is 616 Å². The third-order valence-electron chi connectivity index (χ3n) is 22.5. The number of fused-ring (bicyclic) bond motifs is 12. The van der Waals surface area contributed by atoms with Crippen molar-refractivity contribution in [2.24, 2.45) is 28.2 Å². The van der Waals surface area contributed by atoms with Crippen molar-refractivity contribution in [3.8, 4) is 89.5 Å². The van der Waals surface area contributed by atoms with Crippen LogP contribution in [0.4, 0.5) is 0 Å². The van der Waals surface area contributed by atoms with Gasteiger partial charge in [-0.2, -0.15) is 0 Å². The molecule has 12 aromatic rings. The molecule has 0 bridgehead atoms. The highest BCUT2D eigenvalue weighted by molar-refractivity contribution is 5.88. The number of benzene rings is 4. The van der Waals surface area contributed by atoms with Gasteiger partial charge in [0, 0.05) is 145 Å². The summed E-state index contributed by atoms with van der Waals surface area (Å²) in [5.74, 6) is 0. The number of nitrogens with zero attached hydrogens (tertiary/aromatic N) is 8. The van der Waals surface area contributed by atoms with E-state index < -0.39 is 13.7 Å². The first-order valence-corrected chi connectivity index (χ1v) is 36.0. The molecule has 0 spiro atoms. The lowest BCUT2D eigenvalue weighted by Gasteiger charge is -2.21. The molecule has 4 aliphatic carbocycles. The predicted molar refractivity (Wildman–Crippen MR) is 420 cm³/mol. The molecule has 0 fully saturated rings. The highest BCUT2D eigenvalue weighted by atomic mass is 14.9. The van der Waals surface area contributed by atoms with Crippen molar-refractivity contribution in [1.82, 2.24) is 19.9 Å². The number of pyridine rings is 8. The van der Waals surface area contributed by atoms with Gasteiger partial charge >= 0.3 is 0 Å². The fraction of sp³-hybridized carbons (Fsp3) is 0.319. The van der Waals surface area contributed by atoms with E-state index in [1.165, 1.54) is 134 Å². The SMILES string of the molecule is CCc1cc[n+](C)c(-c2cc3c(cc2C)C(C)(C)c2nc(C)ccc2-3)c1.Cc1cc[n+](C)c(-c2cc3c(cc2C)C(C)(C)c2nc(C)ccc2-3)c1.[2H]C([2H])([2H])c1c[n+](C)c(-c2cc3c(cc2C)C(C)(C)c2nc(C)ccc2-3)cc1C.[2H]C([2H])([2H])c1ccc(-c2cc3c(cc2C)C(C)(C)c2nc(C)ccc2-3)[n+](C)c1. The number of aromatic nitrogens is 8. The molecular formula is C94H104N8+4. The number of hydrogen-bond acceptors (Lipinski definition) is 4. The standard InChI is InChI=1S/2C24H27N2.2C23H25N2/c1-14-11-22(26(7)13-16(14)3)19-12-20-18-9-8-17(4)25-23(18)24(5,6)21(20)10-15(19)2;1-7-17-10-11-26(6)22(13-17)19-14-20-18-9-8-16(3)25-23(18)24(4,5)21(20)12-15(19)2;1-14-7-10-21(25(6)13-14)18-12-19-17-9-8-16(3)24-22(17)23(4,5)20(19)11-15(18)2;1-14-9-10-25(6)21(11-14)18-13-19-17-8-7-16(3)24-22(17)23(4,5)20(19)12-15(18)2/h8-13H,1-7H3;8-14H,7H2,1-6H3;2*7-13H,1-6H3/q4*+1/i3D3;;1D3;. The van der Waals surface area contributed by atoms with Crippen LogP contribution in [-0.4, -0.2) is 19.9 Å². The Morgan fingerprint density at radius 3 is 0.990 bits per heavy atom. The van der Waals surface area contributed by atoms with Crippen LogP contribution in [0.3, 0.4) is 0 Å². The molecule has 8 aromatic heterocycles. The third-order valence-corrected chi connectivity index (χ3v) is 22.5. The Hall–Kier alpha value is -9.92. The monoisotopic (exact) mass is 1350 g/mol. The summed E-state index contributed by atoms with van der Waals surface area (Å²) in [5.41, 5.74) is 42.5. The first kappa shape index (κ1) is 63.0. The van der Waals surface area contributed by atoms with Crippen LogP contribution in [0.25, 0.3) is 89.5 Å². The van der Waals surface area contributed by atoms with Gasteiger partial charge in [-0.15, -0.1) is 0 Å². The predicted octanol–water partition coefficient (Wildman–Crippen LogP) is 19.8. The number of rotatable bonds is 5. The molecule has 516 valence electrons. The molecule has 0 aliphatic heterocycles. The molecule has 8 heteroatoms. The molecular weight excluding hydrogens is 1240 g/mol. The summed E-state index contributed by atoms with van der Waals surface area (Å²) < 4.78 is 54.5. The molecule has 0 N–H and O–H groups in total. The highest BCUT2D eigenvalue weighted by Gasteiger charge is 2.42. The summed E-state index contributed by atoms with van der Waals surface area (Å²) in [6, 6.07) is 50.3. The van der Waals surface area contributed by atoms with E-state index in [1.54, 1.807) is 18.5 Å². The normalized spacial score (nSPS) is 15.4. The smallest absolute Gasteiger partial charge is 0.212 e. The van der Waals surface area contributed by atoms with Crippen molar-refractivity contribution in [2.45, 2.75) is 173 Å². The lowest BCUT2D eigenvalue weighted by molar-refractivity contribution is -0.660. The topological polar surface area (TPSA) is 67.1 Å². The minimum Gasteiger partial charge on any atom is -0.257 e. The molecule has 16 rings (SSSR count). The van der Waals surface area contributed by atoms with Crippen LogP contribution >= 0.6 is 0 Å². The minimum absolute atomic E-state index is 0.0469. The largest absolute Gasteiger partial charge is 0.257 e. The van der Waals surface area contributed by atoms with E-state index in [9.17, 15) is 0 Å². The molecule has 4 aromatic carbocycles. The minimum atomic E-state index is -2.11. The zero-order chi connectivity index (χ0) is 78.3. The van der Waals surface area contributed by atoms with Crippen molar-refractivity contribution in [3.63, 3.8) is 0 Å². The zero-order valence-corrected chi connectivity index (χ0v) is 64.4. The van der Waals surface area contributed by atoms with Gasteiger partial charge < -0.3 is 0 Å². The van der Waals surface area contributed by atoms with Crippen LogP contribution in [0, 0.1) is 82.9 Å². The molecule has 102 heavy (non-hydrogen) atoms. The van der Waals surface area contributed by atoms with Crippen molar-refractivity contribution < 1.29 is 26.5 Å². The van der Waals surface area contributed by atoms with Gasteiger partial charge in [-0.25, -0.2) is 18.3 Å². The van der Waals surface area contributed by atoms with Gasteiger partial charge in [0.15, 0.2) is 24.8 Å². The summed E-state index contributed by atoms with van der Waals surface area (Å²) in [4.78, 5) is 19.5. The Morgan fingerprint density at radius 1 is 0.294 bits per heavy atom. The number of hydrogen-bond donors (Lipinski definition) is 0. The van der Waals surface area contributed by atoms with Gasteiger partial charge in [0.1, 0.15) is 28.2 Å². The van der Waals surface area contributed by atoms with E-state index in [0.29, 0.717) is 11.1 Å². The third kappa shape index (κ3) is 12.1.